The molecule has 1 aromatic rings. The SMILES string of the molecule is CCNC(=NCC(C)CN1CCN(C)CC1)NCCC(C)c1cccc(C(F)(F)F)c1. The van der Waals surface area contributed by atoms with Crippen molar-refractivity contribution in [3.63, 3.8) is 0 Å². The highest BCUT2D eigenvalue weighted by Crippen LogP contribution is 2.31. The van der Waals surface area contributed by atoms with Gasteiger partial charge in [-0.2, -0.15) is 13.2 Å². The molecule has 176 valence electrons. The molecule has 2 N–H and O–H groups in total. The Kier molecular flexibility index (Phi) is 10.1. The summed E-state index contributed by atoms with van der Waals surface area (Å²) < 4.78 is 38.8. The van der Waals surface area contributed by atoms with Crippen molar-refractivity contribution in [3.8, 4) is 0 Å². The number of guanidine groups is 1. The van der Waals surface area contributed by atoms with Crippen LogP contribution in [0, 0.1) is 5.92 Å². The molecule has 0 aliphatic carbocycles. The molecule has 2 unspecified atom stereocenters. The van der Waals surface area contributed by atoms with E-state index in [-0.39, 0.29) is 5.92 Å². The van der Waals surface area contributed by atoms with E-state index in [1.807, 2.05) is 13.8 Å². The number of hydrogen-bond acceptors (Lipinski definition) is 3. The Morgan fingerprint density at radius 1 is 1.13 bits per heavy atom. The van der Waals surface area contributed by atoms with Crippen LogP contribution in [0.2, 0.25) is 0 Å². The van der Waals surface area contributed by atoms with Gasteiger partial charge in [0, 0.05) is 52.4 Å². The second-order valence-corrected chi connectivity index (χ2v) is 8.67. The predicted octanol–water partition coefficient (Wildman–Crippen LogP) is 3.64. The zero-order valence-electron chi connectivity index (χ0n) is 19.3. The molecule has 0 aromatic heterocycles. The summed E-state index contributed by atoms with van der Waals surface area (Å²) in [5.74, 6) is 1.25. The Labute approximate surface area is 185 Å². The van der Waals surface area contributed by atoms with Gasteiger partial charge in [-0.1, -0.05) is 32.0 Å². The van der Waals surface area contributed by atoms with Crippen LogP contribution in [0.5, 0.6) is 0 Å². The summed E-state index contributed by atoms with van der Waals surface area (Å²) in [5, 5.41) is 6.59. The number of nitrogens with one attached hydrogen (secondary N) is 2. The van der Waals surface area contributed by atoms with Crippen LogP contribution in [0.25, 0.3) is 0 Å². The third kappa shape index (κ3) is 9.07. The quantitative estimate of drug-likeness (QED) is 0.454. The van der Waals surface area contributed by atoms with Gasteiger partial charge < -0.3 is 20.4 Å². The number of likely N-dealkylation sites (N-methyl/N-ethyl adjacent to an activating group) is 1. The topological polar surface area (TPSA) is 42.9 Å². The van der Waals surface area contributed by atoms with Crippen molar-refractivity contribution in [1.82, 2.24) is 20.4 Å². The Hall–Kier alpha value is -1.80. The van der Waals surface area contributed by atoms with E-state index in [2.05, 4.69) is 34.4 Å². The van der Waals surface area contributed by atoms with Crippen LogP contribution in [0.15, 0.2) is 29.3 Å². The second-order valence-electron chi connectivity index (χ2n) is 8.67. The summed E-state index contributed by atoms with van der Waals surface area (Å²) in [6, 6.07) is 5.62. The molecule has 1 fully saturated rings. The number of benzene rings is 1. The Bertz CT molecular complexity index is 684. The van der Waals surface area contributed by atoms with Gasteiger partial charge in [0.2, 0.25) is 0 Å². The van der Waals surface area contributed by atoms with E-state index in [0.29, 0.717) is 18.0 Å². The minimum atomic E-state index is -4.31. The molecule has 0 radical (unpaired) electrons. The van der Waals surface area contributed by atoms with Crippen LogP contribution < -0.4 is 10.6 Å². The molecule has 1 saturated heterocycles. The summed E-state index contributed by atoms with van der Waals surface area (Å²) in [6.45, 7) is 13.9. The van der Waals surface area contributed by atoms with Gasteiger partial charge in [0.1, 0.15) is 0 Å². The average Bonchev–Trinajstić information content (AvgIpc) is 2.73. The van der Waals surface area contributed by atoms with Gasteiger partial charge in [0.15, 0.2) is 5.96 Å². The minimum Gasteiger partial charge on any atom is -0.357 e. The summed E-state index contributed by atoms with van der Waals surface area (Å²) in [5.41, 5.74) is 0.119. The molecule has 1 aliphatic rings. The van der Waals surface area contributed by atoms with Gasteiger partial charge in [0.25, 0.3) is 0 Å². The van der Waals surface area contributed by atoms with E-state index in [1.54, 1.807) is 6.07 Å². The predicted molar refractivity (Wildman–Crippen MR) is 122 cm³/mol. The fourth-order valence-electron chi connectivity index (χ4n) is 3.71. The van der Waals surface area contributed by atoms with Crippen molar-refractivity contribution in [2.75, 3.05) is 59.4 Å². The van der Waals surface area contributed by atoms with E-state index in [0.717, 1.165) is 64.3 Å². The third-order valence-electron chi connectivity index (χ3n) is 5.72. The van der Waals surface area contributed by atoms with Crippen molar-refractivity contribution in [1.29, 1.82) is 0 Å². The zero-order valence-corrected chi connectivity index (χ0v) is 19.3. The number of hydrogen-bond donors (Lipinski definition) is 2. The highest BCUT2D eigenvalue weighted by Gasteiger charge is 2.30. The van der Waals surface area contributed by atoms with Gasteiger partial charge in [0.05, 0.1) is 5.56 Å². The smallest absolute Gasteiger partial charge is 0.357 e. The van der Waals surface area contributed by atoms with Gasteiger partial charge in [-0.15, -0.1) is 0 Å². The maximum absolute atomic E-state index is 12.9. The number of piperazine rings is 1. The van der Waals surface area contributed by atoms with Crippen LogP contribution in [-0.4, -0.2) is 75.2 Å². The Morgan fingerprint density at radius 3 is 2.48 bits per heavy atom. The van der Waals surface area contributed by atoms with Gasteiger partial charge in [-0.05, 0) is 43.9 Å². The third-order valence-corrected chi connectivity index (χ3v) is 5.72. The maximum Gasteiger partial charge on any atom is 0.416 e. The first-order valence-electron chi connectivity index (χ1n) is 11.3. The summed E-state index contributed by atoms with van der Waals surface area (Å²) in [6.07, 6.45) is -3.58. The van der Waals surface area contributed by atoms with E-state index >= 15 is 0 Å². The Balaban J connectivity index is 1.80. The van der Waals surface area contributed by atoms with E-state index in [4.69, 9.17) is 4.99 Å². The summed E-state index contributed by atoms with van der Waals surface area (Å²) in [4.78, 5) is 9.57. The number of rotatable bonds is 9. The van der Waals surface area contributed by atoms with Gasteiger partial charge in [-0.3, -0.25) is 4.99 Å². The molecule has 5 nitrogen and oxygen atoms in total. The molecular weight excluding hydrogens is 403 g/mol. The highest BCUT2D eigenvalue weighted by atomic mass is 19.4. The highest BCUT2D eigenvalue weighted by molar-refractivity contribution is 5.79. The summed E-state index contributed by atoms with van der Waals surface area (Å²) in [7, 11) is 2.16. The lowest BCUT2D eigenvalue weighted by molar-refractivity contribution is -0.137. The summed E-state index contributed by atoms with van der Waals surface area (Å²) >= 11 is 0. The first-order chi connectivity index (χ1) is 14.7. The number of halogens is 3. The van der Waals surface area contributed by atoms with Crippen LogP contribution in [-0.2, 0) is 6.18 Å². The van der Waals surface area contributed by atoms with E-state index < -0.39 is 11.7 Å². The van der Waals surface area contributed by atoms with Crippen LogP contribution >= 0.6 is 0 Å². The van der Waals surface area contributed by atoms with Crippen molar-refractivity contribution >= 4 is 5.96 Å². The number of alkyl halides is 3. The monoisotopic (exact) mass is 441 g/mol. The fraction of sp³-hybridized carbons (Fsp3) is 0.696. The minimum absolute atomic E-state index is 0.0221. The first kappa shape index (κ1) is 25.5. The van der Waals surface area contributed by atoms with E-state index in [9.17, 15) is 13.2 Å². The van der Waals surface area contributed by atoms with Gasteiger partial charge >= 0.3 is 6.18 Å². The van der Waals surface area contributed by atoms with E-state index in [1.165, 1.54) is 12.1 Å². The molecule has 2 atom stereocenters. The molecule has 0 bridgehead atoms. The maximum atomic E-state index is 12.9. The first-order valence-corrected chi connectivity index (χ1v) is 11.3. The van der Waals surface area contributed by atoms with Crippen molar-refractivity contribution in [2.24, 2.45) is 10.9 Å². The molecular formula is C23H38F3N5. The number of aliphatic imine (C=N–C) groups is 1. The molecule has 31 heavy (non-hydrogen) atoms. The van der Waals surface area contributed by atoms with Gasteiger partial charge in [-0.25, -0.2) is 0 Å². The van der Waals surface area contributed by atoms with Crippen molar-refractivity contribution < 1.29 is 13.2 Å². The molecule has 2 rings (SSSR count). The standard InChI is InChI=1S/C23H38F3N5/c1-5-27-22(29-16-18(2)17-31-13-11-30(4)12-14-31)28-10-9-19(3)20-7-6-8-21(15-20)23(24,25)26/h6-8,15,18-19H,5,9-14,16-17H2,1-4H3,(H2,27,28,29). The molecule has 1 heterocycles. The fourth-order valence-corrected chi connectivity index (χ4v) is 3.71. The molecule has 0 spiro atoms. The normalized spacial score (nSPS) is 18.6. The lowest BCUT2D eigenvalue weighted by atomic mass is 9.96. The average molecular weight is 442 g/mol. The molecule has 8 heteroatoms. The largest absolute Gasteiger partial charge is 0.416 e. The molecule has 0 saturated carbocycles. The van der Waals surface area contributed by atoms with Crippen LogP contribution in [0.4, 0.5) is 13.2 Å². The number of nitrogens with zero attached hydrogens (tertiary/aromatic N) is 3. The van der Waals surface area contributed by atoms with Crippen LogP contribution in [0.1, 0.15) is 44.2 Å². The Morgan fingerprint density at radius 2 is 1.84 bits per heavy atom. The molecule has 1 aromatic carbocycles. The lowest BCUT2D eigenvalue weighted by Crippen LogP contribution is -2.46. The van der Waals surface area contributed by atoms with Crippen molar-refractivity contribution in [3.05, 3.63) is 35.4 Å². The second kappa shape index (κ2) is 12.3. The lowest BCUT2D eigenvalue weighted by Gasteiger charge is -2.33. The van der Waals surface area contributed by atoms with Crippen molar-refractivity contribution in [2.45, 2.75) is 39.3 Å². The zero-order chi connectivity index (χ0) is 22.9. The van der Waals surface area contributed by atoms with Crippen LogP contribution in [0.3, 0.4) is 0 Å². The molecule has 0 amide bonds. The molecule has 1 aliphatic heterocycles.